The van der Waals surface area contributed by atoms with Crippen molar-refractivity contribution in [2.24, 2.45) is 5.41 Å². The van der Waals surface area contributed by atoms with Gasteiger partial charge < -0.3 is 19.6 Å². The fraction of sp³-hybridized carbons (Fsp3) is 0.471. The number of carbonyl (C=O) groups is 3. The molecule has 3 rings (SSSR count). The number of hydrogen-bond donors (Lipinski definition) is 1. The first kappa shape index (κ1) is 16.3. The fourth-order valence-electron chi connectivity index (χ4n) is 2.98. The molecule has 2 aliphatic rings. The lowest BCUT2D eigenvalue weighted by molar-refractivity contribution is -0.154. The number of carboxylic acid groups (broad SMARTS) is 1. The van der Waals surface area contributed by atoms with Crippen molar-refractivity contribution in [2.45, 2.75) is 12.8 Å². The van der Waals surface area contributed by atoms with Crippen LogP contribution in [0.1, 0.15) is 23.2 Å². The van der Waals surface area contributed by atoms with E-state index >= 15 is 0 Å². The second-order valence-electron chi connectivity index (χ2n) is 6.20. The van der Waals surface area contributed by atoms with E-state index in [1.165, 1.54) is 0 Å². The van der Waals surface area contributed by atoms with Crippen molar-refractivity contribution < 1.29 is 24.2 Å². The fourth-order valence-corrected chi connectivity index (χ4v) is 2.98. The zero-order valence-corrected chi connectivity index (χ0v) is 13.5. The van der Waals surface area contributed by atoms with Crippen LogP contribution in [-0.4, -0.2) is 66.0 Å². The van der Waals surface area contributed by atoms with Gasteiger partial charge >= 0.3 is 5.97 Å². The van der Waals surface area contributed by atoms with E-state index in [9.17, 15) is 19.5 Å². The highest BCUT2D eigenvalue weighted by atomic mass is 16.5. The van der Waals surface area contributed by atoms with Gasteiger partial charge in [0.2, 0.25) is 5.91 Å². The van der Waals surface area contributed by atoms with Crippen molar-refractivity contribution in [1.82, 2.24) is 9.80 Å². The van der Waals surface area contributed by atoms with Gasteiger partial charge in [0.25, 0.3) is 5.91 Å². The first-order valence-corrected chi connectivity index (χ1v) is 7.94. The molecule has 2 fully saturated rings. The Labute approximate surface area is 139 Å². The summed E-state index contributed by atoms with van der Waals surface area (Å²) in [5.74, 6) is -0.759. The summed E-state index contributed by atoms with van der Waals surface area (Å²) in [5.41, 5.74) is -0.637. The summed E-state index contributed by atoms with van der Waals surface area (Å²) in [7, 11) is 1.57. The molecule has 0 spiro atoms. The van der Waals surface area contributed by atoms with Crippen LogP contribution in [0.15, 0.2) is 24.3 Å². The molecule has 1 aromatic carbocycles. The SMILES string of the molecule is COc1ccc(C(=O)N2CCN(C(=O)C3(C(=O)O)CC3)CC2)cc1. The van der Waals surface area contributed by atoms with Crippen LogP contribution in [0.2, 0.25) is 0 Å². The largest absolute Gasteiger partial charge is 0.497 e. The molecule has 0 aromatic heterocycles. The summed E-state index contributed by atoms with van der Waals surface area (Å²) in [6, 6.07) is 6.89. The smallest absolute Gasteiger partial charge is 0.319 e. The molecule has 0 radical (unpaired) electrons. The van der Waals surface area contributed by atoms with Gasteiger partial charge in [-0.1, -0.05) is 0 Å². The Hall–Kier alpha value is -2.57. The summed E-state index contributed by atoms with van der Waals surface area (Å²) in [4.78, 5) is 39.4. The third kappa shape index (κ3) is 2.81. The van der Waals surface area contributed by atoms with Gasteiger partial charge in [0.15, 0.2) is 0 Å². The molecule has 1 saturated heterocycles. The maximum absolute atomic E-state index is 12.5. The molecule has 0 unspecified atom stereocenters. The highest BCUT2D eigenvalue weighted by Crippen LogP contribution is 2.47. The van der Waals surface area contributed by atoms with E-state index in [4.69, 9.17) is 4.74 Å². The summed E-state index contributed by atoms with van der Waals surface area (Å²) >= 11 is 0. The second kappa shape index (κ2) is 6.14. The monoisotopic (exact) mass is 332 g/mol. The van der Waals surface area contributed by atoms with E-state index in [2.05, 4.69) is 0 Å². The first-order chi connectivity index (χ1) is 11.5. The van der Waals surface area contributed by atoms with Gasteiger partial charge in [-0.15, -0.1) is 0 Å². The topological polar surface area (TPSA) is 87.2 Å². The van der Waals surface area contributed by atoms with Crippen molar-refractivity contribution in [2.75, 3.05) is 33.3 Å². The van der Waals surface area contributed by atoms with E-state index in [1.807, 2.05) is 0 Å². The Morgan fingerprint density at radius 1 is 1.00 bits per heavy atom. The van der Waals surface area contributed by atoms with Gasteiger partial charge in [0.05, 0.1) is 7.11 Å². The van der Waals surface area contributed by atoms with Gasteiger partial charge in [-0.2, -0.15) is 0 Å². The minimum atomic E-state index is -1.21. The van der Waals surface area contributed by atoms with Crippen LogP contribution in [0.25, 0.3) is 0 Å². The Morgan fingerprint density at radius 2 is 1.54 bits per heavy atom. The average molecular weight is 332 g/mol. The average Bonchev–Trinajstić information content (AvgIpc) is 3.43. The van der Waals surface area contributed by atoms with E-state index in [1.54, 1.807) is 41.2 Å². The van der Waals surface area contributed by atoms with Crippen LogP contribution in [0.5, 0.6) is 5.75 Å². The summed E-state index contributed by atoms with van der Waals surface area (Å²) < 4.78 is 5.07. The van der Waals surface area contributed by atoms with Crippen molar-refractivity contribution in [1.29, 1.82) is 0 Å². The number of nitrogens with zero attached hydrogens (tertiary/aromatic N) is 2. The predicted octanol–water partition coefficient (Wildman–Crippen LogP) is 0.844. The summed E-state index contributed by atoms with van der Waals surface area (Å²) in [6.07, 6.45) is 0.818. The Bertz CT molecular complexity index is 658. The van der Waals surface area contributed by atoms with E-state index in [-0.39, 0.29) is 11.8 Å². The molecule has 1 aliphatic carbocycles. The number of carbonyl (C=O) groups excluding carboxylic acids is 2. The molecular weight excluding hydrogens is 312 g/mol. The molecule has 1 N–H and O–H groups in total. The number of benzene rings is 1. The number of methoxy groups -OCH3 is 1. The third-order valence-electron chi connectivity index (χ3n) is 4.76. The highest BCUT2D eigenvalue weighted by molar-refractivity contribution is 6.05. The molecule has 0 atom stereocenters. The van der Waals surface area contributed by atoms with Gasteiger partial charge in [-0.25, -0.2) is 0 Å². The molecule has 1 saturated carbocycles. The number of ether oxygens (including phenoxy) is 1. The lowest BCUT2D eigenvalue weighted by Gasteiger charge is -2.36. The summed E-state index contributed by atoms with van der Waals surface area (Å²) in [5, 5.41) is 9.21. The Kier molecular flexibility index (Phi) is 4.17. The number of rotatable bonds is 4. The lowest BCUT2D eigenvalue weighted by atomic mass is 10.1. The van der Waals surface area contributed by atoms with Crippen molar-refractivity contribution in [3.8, 4) is 5.75 Å². The number of hydrogen-bond acceptors (Lipinski definition) is 4. The van der Waals surface area contributed by atoms with Gasteiger partial charge in [0, 0.05) is 31.7 Å². The predicted molar refractivity (Wildman–Crippen MR) is 84.8 cm³/mol. The van der Waals surface area contributed by atoms with Crippen molar-refractivity contribution in [3.63, 3.8) is 0 Å². The van der Waals surface area contributed by atoms with Crippen LogP contribution in [0.3, 0.4) is 0 Å². The van der Waals surface area contributed by atoms with E-state index in [0.29, 0.717) is 50.3 Å². The maximum Gasteiger partial charge on any atom is 0.319 e. The Balaban J connectivity index is 1.59. The quantitative estimate of drug-likeness (QED) is 0.826. The highest BCUT2D eigenvalue weighted by Gasteiger charge is 2.58. The van der Waals surface area contributed by atoms with E-state index in [0.717, 1.165) is 0 Å². The lowest BCUT2D eigenvalue weighted by Crippen LogP contribution is -2.53. The maximum atomic E-state index is 12.5. The number of aliphatic carboxylic acids is 1. The molecule has 1 heterocycles. The van der Waals surface area contributed by atoms with Crippen LogP contribution in [-0.2, 0) is 9.59 Å². The van der Waals surface area contributed by atoms with Gasteiger partial charge in [-0.05, 0) is 37.1 Å². The van der Waals surface area contributed by atoms with Crippen molar-refractivity contribution >= 4 is 17.8 Å². The van der Waals surface area contributed by atoms with Gasteiger partial charge in [0.1, 0.15) is 11.2 Å². The molecule has 7 nitrogen and oxygen atoms in total. The van der Waals surface area contributed by atoms with Crippen LogP contribution in [0.4, 0.5) is 0 Å². The molecule has 0 bridgehead atoms. The molecule has 1 aromatic rings. The minimum Gasteiger partial charge on any atom is -0.497 e. The molecule has 1 aliphatic heterocycles. The number of amides is 2. The van der Waals surface area contributed by atoms with Crippen LogP contribution in [0, 0.1) is 5.41 Å². The standard InChI is InChI=1S/C17H20N2O5/c1-24-13-4-2-12(3-5-13)14(20)18-8-10-19(11-9-18)15(21)17(6-7-17)16(22)23/h2-5H,6-11H2,1H3,(H,22,23). The molecule has 128 valence electrons. The van der Waals surface area contributed by atoms with Crippen LogP contribution >= 0.6 is 0 Å². The minimum absolute atomic E-state index is 0.0934. The third-order valence-corrected chi connectivity index (χ3v) is 4.76. The molecular formula is C17H20N2O5. The van der Waals surface area contributed by atoms with Gasteiger partial charge in [-0.3, -0.25) is 14.4 Å². The van der Waals surface area contributed by atoms with Crippen molar-refractivity contribution in [3.05, 3.63) is 29.8 Å². The first-order valence-electron chi connectivity index (χ1n) is 7.94. The zero-order chi connectivity index (χ0) is 17.3. The second-order valence-corrected chi connectivity index (χ2v) is 6.20. The van der Waals surface area contributed by atoms with E-state index < -0.39 is 11.4 Å². The number of carboxylic acids is 1. The molecule has 2 amide bonds. The van der Waals surface area contributed by atoms with Crippen LogP contribution < -0.4 is 4.74 Å². The zero-order valence-electron chi connectivity index (χ0n) is 13.5. The molecule has 24 heavy (non-hydrogen) atoms. The molecule has 7 heteroatoms. The number of piperazine rings is 1. The Morgan fingerprint density at radius 3 is 2.00 bits per heavy atom. The normalized spacial score (nSPS) is 18.9. The summed E-state index contributed by atoms with van der Waals surface area (Å²) in [6.45, 7) is 1.56.